The molecule has 2 N–H and O–H groups in total. The molecule has 0 unspecified atom stereocenters. The Kier molecular flexibility index (Phi) is 6.76. The highest BCUT2D eigenvalue weighted by molar-refractivity contribution is 5.93. The molecule has 7 heteroatoms. The summed E-state index contributed by atoms with van der Waals surface area (Å²) < 4.78 is 10.4. The number of ether oxygens (including phenoxy) is 2. The van der Waals surface area contributed by atoms with Gasteiger partial charge in [-0.3, -0.25) is 14.6 Å². The molecule has 1 aromatic carbocycles. The van der Waals surface area contributed by atoms with Crippen LogP contribution in [0.5, 0.6) is 11.5 Å². The van der Waals surface area contributed by atoms with E-state index in [1.54, 1.807) is 43.5 Å². The molecule has 1 aromatic heterocycles. The van der Waals surface area contributed by atoms with Gasteiger partial charge in [0.2, 0.25) is 0 Å². The third-order valence-corrected chi connectivity index (χ3v) is 3.34. The molecule has 0 spiro atoms. The zero-order chi connectivity index (χ0) is 18.1. The summed E-state index contributed by atoms with van der Waals surface area (Å²) in [5, 5.41) is 5.38. The van der Waals surface area contributed by atoms with E-state index in [4.69, 9.17) is 9.47 Å². The van der Waals surface area contributed by atoms with Crippen LogP contribution in [0.4, 0.5) is 0 Å². The Balaban J connectivity index is 1.63. The molecule has 7 nitrogen and oxygen atoms in total. The number of aromatic nitrogens is 1. The van der Waals surface area contributed by atoms with Crippen molar-refractivity contribution in [3.8, 4) is 11.5 Å². The summed E-state index contributed by atoms with van der Waals surface area (Å²) in [4.78, 5) is 27.6. The molecule has 25 heavy (non-hydrogen) atoms. The van der Waals surface area contributed by atoms with Gasteiger partial charge in [-0.25, -0.2) is 0 Å². The van der Waals surface area contributed by atoms with Gasteiger partial charge in [0, 0.05) is 25.0 Å². The minimum absolute atomic E-state index is 0.0951. The Morgan fingerprint density at radius 2 is 1.68 bits per heavy atom. The largest absolute Gasteiger partial charge is 0.497 e. The lowest BCUT2D eigenvalue weighted by Gasteiger charge is -2.09. The zero-order valence-electron chi connectivity index (χ0n) is 14.2. The summed E-state index contributed by atoms with van der Waals surface area (Å²) >= 11 is 0. The number of amides is 2. The van der Waals surface area contributed by atoms with Crippen molar-refractivity contribution in [1.29, 1.82) is 0 Å². The highest BCUT2D eigenvalue weighted by Crippen LogP contribution is 2.16. The van der Waals surface area contributed by atoms with Crippen molar-refractivity contribution in [2.75, 3.05) is 26.8 Å². The van der Waals surface area contributed by atoms with Gasteiger partial charge < -0.3 is 20.1 Å². The van der Waals surface area contributed by atoms with Crippen LogP contribution in [0.3, 0.4) is 0 Å². The Bertz CT molecular complexity index is 699. The molecule has 0 aliphatic rings. The average molecular weight is 343 g/mol. The van der Waals surface area contributed by atoms with Crippen LogP contribution in [0.25, 0.3) is 0 Å². The van der Waals surface area contributed by atoms with Crippen molar-refractivity contribution in [3.05, 3.63) is 53.9 Å². The summed E-state index contributed by atoms with van der Waals surface area (Å²) in [5.41, 5.74) is 1.33. The number of hydrogen-bond donors (Lipinski definition) is 2. The maximum Gasteiger partial charge on any atom is 0.258 e. The van der Waals surface area contributed by atoms with Crippen LogP contribution in [-0.2, 0) is 4.79 Å². The fourth-order valence-electron chi connectivity index (χ4n) is 1.95. The van der Waals surface area contributed by atoms with Gasteiger partial charge >= 0.3 is 0 Å². The van der Waals surface area contributed by atoms with Crippen LogP contribution in [0.15, 0.2) is 42.6 Å². The van der Waals surface area contributed by atoms with Gasteiger partial charge in [-0.05, 0) is 43.3 Å². The fourth-order valence-corrected chi connectivity index (χ4v) is 1.95. The van der Waals surface area contributed by atoms with E-state index in [1.807, 2.05) is 6.92 Å². The molecule has 2 amide bonds. The van der Waals surface area contributed by atoms with Gasteiger partial charge in [-0.15, -0.1) is 0 Å². The number of carbonyl (C=O) groups is 2. The first kappa shape index (κ1) is 18.3. The molecule has 2 aromatic rings. The SMILES string of the molecule is COc1ccc(OCC(=O)NCCNC(=O)c2ccc(C)nc2)cc1. The Morgan fingerprint density at radius 1 is 1.00 bits per heavy atom. The lowest BCUT2D eigenvalue weighted by Crippen LogP contribution is -2.36. The van der Waals surface area contributed by atoms with E-state index in [0.717, 1.165) is 11.4 Å². The third-order valence-electron chi connectivity index (χ3n) is 3.34. The standard InChI is InChI=1S/C18H21N3O4/c1-13-3-4-14(11-21-13)18(23)20-10-9-19-17(22)12-25-16-7-5-15(24-2)6-8-16/h3-8,11H,9-10,12H2,1-2H3,(H,19,22)(H,20,23). The average Bonchev–Trinajstić information content (AvgIpc) is 2.64. The topological polar surface area (TPSA) is 89.5 Å². The normalized spacial score (nSPS) is 10.0. The first-order chi connectivity index (χ1) is 12.1. The quantitative estimate of drug-likeness (QED) is 0.706. The number of nitrogens with zero attached hydrogens (tertiary/aromatic N) is 1. The number of aryl methyl sites for hydroxylation is 1. The highest BCUT2D eigenvalue weighted by Gasteiger charge is 2.06. The van der Waals surface area contributed by atoms with Crippen molar-refractivity contribution in [2.45, 2.75) is 6.92 Å². The first-order valence-electron chi connectivity index (χ1n) is 7.83. The van der Waals surface area contributed by atoms with E-state index in [2.05, 4.69) is 15.6 Å². The van der Waals surface area contributed by atoms with Gasteiger partial charge in [0.15, 0.2) is 6.61 Å². The van der Waals surface area contributed by atoms with E-state index in [9.17, 15) is 9.59 Å². The second-order valence-electron chi connectivity index (χ2n) is 5.26. The first-order valence-corrected chi connectivity index (χ1v) is 7.83. The molecular weight excluding hydrogens is 322 g/mol. The predicted molar refractivity (Wildman–Crippen MR) is 92.8 cm³/mol. The summed E-state index contributed by atoms with van der Waals surface area (Å²) in [6.45, 7) is 2.39. The van der Waals surface area contributed by atoms with Gasteiger partial charge in [-0.1, -0.05) is 0 Å². The van der Waals surface area contributed by atoms with Crippen molar-refractivity contribution in [3.63, 3.8) is 0 Å². The van der Waals surface area contributed by atoms with Crippen molar-refractivity contribution in [1.82, 2.24) is 15.6 Å². The number of methoxy groups -OCH3 is 1. The summed E-state index contributed by atoms with van der Waals surface area (Å²) in [5.74, 6) is 0.811. The van der Waals surface area contributed by atoms with E-state index < -0.39 is 0 Å². The molecule has 0 bridgehead atoms. The van der Waals surface area contributed by atoms with E-state index in [0.29, 0.717) is 24.4 Å². The Morgan fingerprint density at radius 3 is 2.32 bits per heavy atom. The van der Waals surface area contributed by atoms with Crippen molar-refractivity contribution >= 4 is 11.8 Å². The monoisotopic (exact) mass is 343 g/mol. The van der Waals surface area contributed by atoms with Gasteiger partial charge in [0.25, 0.3) is 11.8 Å². The molecule has 0 aliphatic carbocycles. The summed E-state index contributed by atoms with van der Waals surface area (Å²) in [6.07, 6.45) is 1.52. The lowest BCUT2D eigenvalue weighted by molar-refractivity contribution is -0.123. The Labute approximate surface area is 146 Å². The summed E-state index contributed by atoms with van der Waals surface area (Å²) in [6, 6.07) is 10.4. The molecule has 0 radical (unpaired) electrons. The van der Waals surface area contributed by atoms with Gasteiger partial charge in [0.05, 0.1) is 12.7 Å². The number of benzene rings is 1. The molecular formula is C18H21N3O4. The molecule has 132 valence electrons. The van der Waals surface area contributed by atoms with Crippen LogP contribution in [-0.4, -0.2) is 43.6 Å². The zero-order valence-corrected chi connectivity index (χ0v) is 14.2. The number of rotatable bonds is 8. The molecule has 0 saturated heterocycles. The second-order valence-corrected chi connectivity index (χ2v) is 5.26. The number of hydrogen-bond acceptors (Lipinski definition) is 5. The van der Waals surface area contributed by atoms with E-state index >= 15 is 0 Å². The van der Waals surface area contributed by atoms with Crippen LogP contribution in [0, 0.1) is 6.92 Å². The number of pyridine rings is 1. The van der Waals surface area contributed by atoms with Crippen LogP contribution < -0.4 is 20.1 Å². The minimum Gasteiger partial charge on any atom is -0.497 e. The minimum atomic E-state index is -0.262. The van der Waals surface area contributed by atoms with E-state index in [-0.39, 0.29) is 18.4 Å². The lowest BCUT2D eigenvalue weighted by atomic mass is 10.2. The van der Waals surface area contributed by atoms with Crippen molar-refractivity contribution < 1.29 is 19.1 Å². The molecule has 0 fully saturated rings. The maximum absolute atomic E-state index is 11.9. The van der Waals surface area contributed by atoms with Crippen LogP contribution >= 0.6 is 0 Å². The molecule has 1 heterocycles. The molecule has 0 atom stereocenters. The predicted octanol–water partition coefficient (Wildman–Crippen LogP) is 1.32. The highest BCUT2D eigenvalue weighted by atomic mass is 16.5. The van der Waals surface area contributed by atoms with Gasteiger partial charge in [0.1, 0.15) is 11.5 Å². The number of carbonyl (C=O) groups excluding carboxylic acids is 2. The molecule has 0 saturated carbocycles. The summed E-state index contributed by atoms with van der Waals surface area (Å²) in [7, 11) is 1.58. The molecule has 2 rings (SSSR count). The van der Waals surface area contributed by atoms with Crippen molar-refractivity contribution in [2.24, 2.45) is 0 Å². The smallest absolute Gasteiger partial charge is 0.258 e. The van der Waals surface area contributed by atoms with Crippen LogP contribution in [0.1, 0.15) is 16.1 Å². The maximum atomic E-state index is 11.9. The van der Waals surface area contributed by atoms with Crippen LogP contribution in [0.2, 0.25) is 0 Å². The van der Waals surface area contributed by atoms with E-state index in [1.165, 1.54) is 6.20 Å². The van der Waals surface area contributed by atoms with Gasteiger partial charge in [-0.2, -0.15) is 0 Å². The Hall–Kier alpha value is -3.09. The second kappa shape index (κ2) is 9.27. The third kappa shape index (κ3) is 6.14. The molecule has 0 aliphatic heterocycles. The fraction of sp³-hybridized carbons (Fsp3) is 0.278. The number of nitrogens with one attached hydrogen (secondary N) is 2.